The standard InChI is InChI=1S/C27H38F2O5/c1-16(32-15-25-7-17-3-18(8-25)5-19(4-17)9-25)33-23(31)26-10-20-6-21(11-26)13-27(12-20,14-26)34-22(30)24(2,28)29/h16-21H,3-15H2,1-2H3. The van der Waals surface area contributed by atoms with Crippen molar-refractivity contribution < 1.29 is 32.6 Å². The van der Waals surface area contributed by atoms with Crippen LogP contribution in [-0.2, 0) is 23.8 Å². The summed E-state index contributed by atoms with van der Waals surface area (Å²) < 4.78 is 44.7. The fourth-order valence-electron chi connectivity index (χ4n) is 9.89. The van der Waals surface area contributed by atoms with Crippen LogP contribution in [-0.4, -0.2) is 36.4 Å². The lowest BCUT2D eigenvalue weighted by atomic mass is 9.48. The van der Waals surface area contributed by atoms with Crippen molar-refractivity contribution in [1.82, 2.24) is 0 Å². The minimum absolute atomic E-state index is 0.204. The molecule has 0 amide bonds. The zero-order chi connectivity index (χ0) is 23.9. The van der Waals surface area contributed by atoms with Gasteiger partial charge in [-0.25, -0.2) is 4.79 Å². The number of ether oxygens (including phenoxy) is 3. The van der Waals surface area contributed by atoms with E-state index in [4.69, 9.17) is 14.2 Å². The summed E-state index contributed by atoms with van der Waals surface area (Å²) in [4.78, 5) is 25.5. The van der Waals surface area contributed by atoms with E-state index in [1.165, 1.54) is 38.5 Å². The Hall–Kier alpha value is -1.24. The Morgan fingerprint density at radius 3 is 1.94 bits per heavy atom. The molecule has 5 nitrogen and oxygen atoms in total. The second kappa shape index (κ2) is 7.63. The van der Waals surface area contributed by atoms with Crippen molar-refractivity contribution >= 4 is 11.9 Å². The van der Waals surface area contributed by atoms with Crippen molar-refractivity contribution in [3.05, 3.63) is 0 Å². The average molecular weight is 481 g/mol. The summed E-state index contributed by atoms with van der Waals surface area (Å²) in [7, 11) is 0. The molecule has 34 heavy (non-hydrogen) atoms. The van der Waals surface area contributed by atoms with Crippen molar-refractivity contribution in [2.75, 3.05) is 6.61 Å². The molecule has 0 spiro atoms. The first-order valence-corrected chi connectivity index (χ1v) is 13.4. The Morgan fingerprint density at radius 1 is 0.882 bits per heavy atom. The molecule has 0 aromatic rings. The second-order valence-electron chi connectivity index (χ2n) is 13.4. The predicted molar refractivity (Wildman–Crippen MR) is 119 cm³/mol. The van der Waals surface area contributed by atoms with Crippen molar-refractivity contribution in [3.63, 3.8) is 0 Å². The van der Waals surface area contributed by atoms with E-state index in [1.54, 1.807) is 6.92 Å². The van der Waals surface area contributed by atoms with Crippen LogP contribution < -0.4 is 0 Å². The monoisotopic (exact) mass is 480 g/mol. The maximum absolute atomic E-state index is 13.6. The number of hydrogen-bond acceptors (Lipinski definition) is 5. The molecule has 8 rings (SSSR count). The maximum atomic E-state index is 13.6. The molecule has 190 valence electrons. The lowest BCUT2D eigenvalue weighted by Crippen LogP contribution is -2.61. The zero-order valence-electron chi connectivity index (χ0n) is 20.5. The molecular formula is C27H38F2O5. The average Bonchev–Trinajstić information content (AvgIpc) is 2.69. The molecule has 0 aromatic carbocycles. The van der Waals surface area contributed by atoms with Crippen LogP contribution in [0.25, 0.3) is 0 Å². The fourth-order valence-corrected chi connectivity index (χ4v) is 9.89. The van der Waals surface area contributed by atoms with Crippen molar-refractivity contribution in [1.29, 1.82) is 0 Å². The summed E-state index contributed by atoms with van der Waals surface area (Å²) in [5.74, 6) is -2.38. The number of carbonyl (C=O) groups excluding carboxylic acids is 2. The molecule has 0 aliphatic heterocycles. The first kappa shape index (κ1) is 23.2. The molecule has 0 aromatic heterocycles. The summed E-state index contributed by atoms with van der Waals surface area (Å²) in [6.45, 7) is 3.02. The summed E-state index contributed by atoms with van der Waals surface area (Å²) >= 11 is 0. The van der Waals surface area contributed by atoms with Crippen LogP contribution >= 0.6 is 0 Å². The summed E-state index contributed by atoms with van der Waals surface area (Å²) in [6.07, 6.45) is 11.0. The van der Waals surface area contributed by atoms with Gasteiger partial charge in [0.05, 0.1) is 12.0 Å². The molecule has 8 bridgehead atoms. The molecule has 0 saturated heterocycles. The topological polar surface area (TPSA) is 61.8 Å². The maximum Gasteiger partial charge on any atom is 0.377 e. The van der Waals surface area contributed by atoms with Gasteiger partial charge < -0.3 is 14.2 Å². The summed E-state index contributed by atoms with van der Waals surface area (Å²) in [6, 6.07) is 0. The Morgan fingerprint density at radius 2 is 1.41 bits per heavy atom. The SMILES string of the molecule is CC(OCC12CC3CC(CC(C3)C1)C2)OC(=O)C12CC3CC(CC(OC(=O)C(C)(F)F)(C3)C1)C2. The predicted octanol–water partition coefficient (Wildman–Crippen LogP) is 5.65. The molecule has 0 radical (unpaired) electrons. The highest BCUT2D eigenvalue weighted by Gasteiger charge is 2.64. The lowest BCUT2D eigenvalue weighted by Gasteiger charge is -2.60. The molecule has 3 unspecified atom stereocenters. The minimum Gasteiger partial charge on any atom is -0.455 e. The van der Waals surface area contributed by atoms with Gasteiger partial charge in [0.15, 0.2) is 6.29 Å². The van der Waals surface area contributed by atoms with Gasteiger partial charge in [-0.1, -0.05) is 0 Å². The van der Waals surface area contributed by atoms with E-state index in [2.05, 4.69) is 0 Å². The van der Waals surface area contributed by atoms with Crippen LogP contribution in [0.4, 0.5) is 8.78 Å². The first-order chi connectivity index (χ1) is 16.0. The van der Waals surface area contributed by atoms with Gasteiger partial charge in [-0.15, -0.1) is 0 Å². The molecule has 8 fully saturated rings. The number of rotatable bonds is 7. The second-order valence-corrected chi connectivity index (χ2v) is 13.4. The zero-order valence-corrected chi connectivity index (χ0v) is 20.5. The highest BCUT2D eigenvalue weighted by molar-refractivity contribution is 5.79. The molecule has 8 saturated carbocycles. The van der Waals surface area contributed by atoms with Crippen LogP contribution in [0.5, 0.6) is 0 Å². The van der Waals surface area contributed by atoms with E-state index >= 15 is 0 Å². The molecule has 0 N–H and O–H groups in total. The normalized spacial score (nSPS) is 47.0. The van der Waals surface area contributed by atoms with Crippen molar-refractivity contribution in [3.8, 4) is 0 Å². The van der Waals surface area contributed by atoms with Crippen LogP contribution in [0, 0.1) is 40.4 Å². The Kier molecular flexibility index (Phi) is 5.20. The number of hydrogen-bond donors (Lipinski definition) is 0. The molecule has 8 aliphatic rings. The van der Waals surface area contributed by atoms with Gasteiger partial charge in [0.25, 0.3) is 0 Å². The first-order valence-electron chi connectivity index (χ1n) is 13.4. The molecule has 7 heteroatoms. The Balaban J connectivity index is 1.10. The largest absolute Gasteiger partial charge is 0.455 e. The number of alkyl halides is 2. The smallest absolute Gasteiger partial charge is 0.377 e. The Labute approximate surface area is 200 Å². The fraction of sp³-hybridized carbons (Fsp3) is 0.926. The van der Waals surface area contributed by atoms with E-state index in [9.17, 15) is 18.4 Å². The van der Waals surface area contributed by atoms with Crippen LogP contribution in [0.3, 0.4) is 0 Å². The van der Waals surface area contributed by atoms with Gasteiger partial charge >= 0.3 is 17.9 Å². The molecular weight excluding hydrogens is 442 g/mol. The van der Waals surface area contributed by atoms with Crippen molar-refractivity contribution in [2.45, 2.75) is 109 Å². The van der Waals surface area contributed by atoms with Gasteiger partial charge in [0, 0.05) is 13.3 Å². The quantitative estimate of drug-likeness (QED) is 0.348. The van der Waals surface area contributed by atoms with E-state index in [0.29, 0.717) is 39.2 Å². The van der Waals surface area contributed by atoms with E-state index in [1.807, 2.05) is 0 Å². The Bertz CT molecular complexity index is 814. The number of carbonyl (C=O) groups is 2. The van der Waals surface area contributed by atoms with Gasteiger partial charge in [-0.2, -0.15) is 8.78 Å². The minimum atomic E-state index is -3.53. The van der Waals surface area contributed by atoms with Crippen LogP contribution in [0.2, 0.25) is 0 Å². The van der Waals surface area contributed by atoms with Gasteiger partial charge in [-0.3, -0.25) is 4.79 Å². The van der Waals surface area contributed by atoms with Crippen LogP contribution in [0.15, 0.2) is 0 Å². The third-order valence-corrected chi connectivity index (χ3v) is 10.2. The van der Waals surface area contributed by atoms with E-state index in [-0.39, 0.29) is 29.6 Å². The summed E-state index contributed by atoms with van der Waals surface area (Å²) in [5, 5.41) is 0. The highest BCUT2D eigenvalue weighted by atomic mass is 19.3. The highest BCUT2D eigenvalue weighted by Crippen LogP contribution is 2.64. The molecule has 8 aliphatic carbocycles. The lowest BCUT2D eigenvalue weighted by molar-refractivity contribution is -0.235. The van der Waals surface area contributed by atoms with E-state index in [0.717, 1.165) is 24.2 Å². The van der Waals surface area contributed by atoms with Crippen molar-refractivity contribution in [2.24, 2.45) is 40.4 Å². The van der Waals surface area contributed by atoms with Gasteiger partial charge in [-0.05, 0) is 113 Å². The third kappa shape index (κ3) is 3.98. The number of esters is 2. The molecule has 0 heterocycles. The van der Waals surface area contributed by atoms with E-state index < -0.39 is 29.2 Å². The van der Waals surface area contributed by atoms with Crippen LogP contribution in [0.1, 0.15) is 90.9 Å². The number of halogens is 2. The van der Waals surface area contributed by atoms with Gasteiger partial charge in [0.2, 0.25) is 0 Å². The third-order valence-electron chi connectivity index (χ3n) is 10.2. The summed E-state index contributed by atoms with van der Waals surface area (Å²) in [5.41, 5.74) is -1.48. The molecule has 3 atom stereocenters. The van der Waals surface area contributed by atoms with Gasteiger partial charge in [0.1, 0.15) is 5.60 Å².